The van der Waals surface area contributed by atoms with Crippen molar-refractivity contribution in [2.75, 3.05) is 6.61 Å². The van der Waals surface area contributed by atoms with Gasteiger partial charge in [-0.15, -0.1) is 0 Å². The van der Waals surface area contributed by atoms with Crippen LogP contribution >= 0.6 is 0 Å². The van der Waals surface area contributed by atoms with Gasteiger partial charge in [-0.2, -0.15) is 0 Å². The van der Waals surface area contributed by atoms with Crippen molar-refractivity contribution in [3.63, 3.8) is 0 Å². The van der Waals surface area contributed by atoms with Crippen LogP contribution in [0.3, 0.4) is 0 Å². The first-order valence-electron chi connectivity index (χ1n) is 5.97. The monoisotopic (exact) mass is 272 g/mol. The molecular weight excluding hydrogens is 260 g/mol. The van der Waals surface area contributed by atoms with Gasteiger partial charge in [-0.3, -0.25) is 0 Å². The fourth-order valence-corrected chi connectivity index (χ4v) is 2.18. The Labute approximate surface area is 114 Å². The third-order valence-electron chi connectivity index (χ3n) is 3.17. The van der Waals surface area contributed by atoms with Gasteiger partial charge in [0.05, 0.1) is 5.56 Å². The van der Waals surface area contributed by atoms with E-state index < -0.39 is 0 Å². The van der Waals surface area contributed by atoms with Gasteiger partial charge in [0.25, 0.3) is 0 Å². The molecule has 0 atom stereocenters. The average molecular weight is 272 g/mol. The van der Waals surface area contributed by atoms with Crippen molar-refractivity contribution in [2.45, 2.75) is 0 Å². The number of phenolic OH excluding ortho intramolecular Hbond substituents is 4. The van der Waals surface area contributed by atoms with Gasteiger partial charge in [0.15, 0.2) is 11.5 Å². The number of phenols is 4. The maximum Gasteiger partial charge on any atom is 0.165 e. The summed E-state index contributed by atoms with van der Waals surface area (Å²) < 4.78 is 5.47. The van der Waals surface area contributed by atoms with Gasteiger partial charge < -0.3 is 25.2 Å². The lowest BCUT2D eigenvalue weighted by atomic mass is 9.99. The lowest BCUT2D eigenvalue weighted by molar-refractivity contribution is 0.355. The van der Waals surface area contributed by atoms with E-state index in [1.807, 2.05) is 0 Å². The summed E-state index contributed by atoms with van der Waals surface area (Å²) in [6, 6.07) is 7.26. The molecule has 0 saturated heterocycles. The molecule has 20 heavy (non-hydrogen) atoms. The first-order valence-corrected chi connectivity index (χ1v) is 5.97. The van der Waals surface area contributed by atoms with E-state index in [0.717, 1.165) is 0 Å². The van der Waals surface area contributed by atoms with Crippen molar-refractivity contribution in [2.24, 2.45) is 0 Å². The van der Waals surface area contributed by atoms with Gasteiger partial charge in [0, 0.05) is 23.3 Å². The predicted octanol–water partition coefficient (Wildman–Crippen LogP) is 2.44. The van der Waals surface area contributed by atoms with Crippen molar-refractivity contribution >= 4 is 11.6 Å². The van der Waals surface area contributed by atoms with E-state index in [4.69, 9.17) is 4.74 Å². The molecule has 0 aromatic heterocycles. The van der Waals surface area contributed by atoms with Crippen LogP contribution < -0.4 is 4.74 Å². The van der Waals surface area contributed by atoms with E-state index >= 15 is 0 Å². The zero-order valence-corrected chi connectivity index (χ0v) is 10.4. The van der Waals surface area contributed by atoms with Crippen LogP contribution in [0.4, 0.5) is 0 Å². The van der Waals surface area contributed by atoms with Crippen LogP contribution in [0.25, 0.3) is 11.6 Å². The average Bonchev–Trinajstić information content (AvgIpc) is 2.41. The second-order valence-electron chi connectivity index (χ2n) is 4.51. The van der Waals surface area contributed by atoms with Crippen molar-refractivity contribution in [1.29, 1.82) is 0 Å². The highest BCUT2D eigenvalue weighted by atomic mass is 16.5. The van der Waals surface area contributed by atoms with Crippen LogP contribution in [-0.4, -0.2) is 27.0 Å². The predicted molar refractivity (Wildman–Crippen MR) is 72.9 cm³/mol. The van der Waals surface area contributed by atoms with Crippen molar-refractivity contribution in [3.05, 3.63) is 41.5 Å². The number of para-hydroxylation sites is 1. The molecule has 0 bridgehead atoms. The number of hydrogen-bond donors (Lipinski definition) is 4. The van der Waals surface area contributed by atoms with Gasteiger partial charge >= 0.3 is 0 Å². The number of hydrogen-bond acceptors (Lipinski definition) is 5. The molecule has 4 N–H and O–H groups in total. The summed E-state index contributed by atoms with van der Waals surface area (Å²) in [5.74, 6) is -0.283. The molecular formula is C15H12O5. The molecule has 0 unspecified atom stereocenters. The standard InChI is InChI=1S/C15H12O5/c16-9-5-13(18)11-4-8(7-20-14(11)6-9)10-2-1-3-12(17)15(10)19/h1-6,16-19H,7H2. The summed E-state index contributed by atoms with van der Waals surface area (Å²) in [6.45, 7) is 0.160. The Morgan fingerprint density at radius 3 is 2.55 bits per heavy atom. The van der Waals surface area contributed by atoms with Gasteiger partial charge in [0.2, 0.25) is 0 Å². The van der Waals surface area contributed by atoms with Crippen LogP contribution in [0, 0.1) is 0 Å². The summed E-state index contributed by atoms with van der Waals surface area (Å²) in [5.41, 5.74) is 1.47. The van der Waals surface area contributed by atoms with Crippen LogP contribution in [-0.2, 0) is 0 Å². The molecule has 0 saturated carbocycles. The number of aromatic hydroxyl groups is 4. The molecule has 0 spiro atoms. The number of benzene rings is 2. The van der Waals surface area contributed by atoms with Gasteiger partial charge in [-0.1, -0.05) is 12.1 Å². The number of ether oxygens (including phenoxy) is 1. The molecule has 0 aliphatic carbocycles. The van der Waals surface area contributed by atoms with E-state index in [0.29, 0.717) is 22.4 Å². The van der Waals surface area contributed by atoms with Crippen molar-refractivity contribution in [3.8, 4) is 28.7 Å². The van der Waals surface area contributed by atoms with Crippen LogP contribution in [0.5, 0.6) is 28.7 Å². The van der Waals surface area contributed by atoms with E-state index in [-0.39, 0.29) is 29.6 Å². The molecule has 0 radical (unpaired) electrons. The summed E-state index contributed by atoms with van der Waals surface area (Å²) in [7, 11) is 0. The minimum Gasteiger partial charge on any atom is -0.508 e. The fraction of sp³-hybridized carbons (Fsp3) is 0.0667. The van der Waals surface area contributed by atoms with Crippen LogP contribution in [0.1, 0.15) is 11.1 Å². The molecule has 0 amide bonds. The summed E-state index contributed by atoms with van der Waals surface area (Å²) in [6.07, 6.45) is 1.65. The lowest BCUT2D eigenvalue weighted by Gasteiger charge is -2.20. The molecule has 3 rings (SSSR count). The topological polar surface area (TPSA) is 90.2 Å². The maximum atomic E-state index is 9.86. The molecule has 5 heteroatoms. The normalized spacial score (nSPS) is 13.3. The quantitative estimate of drug-likeness (QED) is 0.599. The first-order chi connectivity index (χ1) is 9.56. The van der Waals surface area contributed by atoms with Crippen molar-refractivity contribution in [1.82, 2.24) is 0 Å². The zero-order chi connectivity index (χ0) is 14.3. The van der Waals surface area contributed by atoms with Gasteiger partial charge in [0.1, 0.15) is 23.9 Å². The van der Waals surface area contributed by atoms with Gasteiger partial charge in [-0.05, 0) is 12.1 Å². The van der Waals surface area contributed by atoms with E-state index in [1.54, 1.807) is 18.2 Å². The molecule has 1 heterocycles. The van der Waals surface area contributed by atoms with E-state index in [9.17, 15) is 20.4 Å². The SMILES string of the molecule is Oc1cc(O)c2c(c1)OCC(c1cccc(O)c1O)=C2. The molecule has 5 nitrogen and oxygen atoms in total. The fourth-order valence-electron chi connectivity index (χ4n) is 2.18. The zero-order valence-electron chi connectivity index (χ0n) is 10.4. The van der Waals surface area contributed by atoms with E-state index in [1.165, 1.54) is 18.2 Å². The Morgan fingerprint density at radius 1 is 0.950 bits per heavy atom. The highest BCUT2D eigenvalue weighted by Gasteiger charge is 2.19. The Hall–Kier alpha value is -2.82. The Bertz CT molecular complexity index is 718. The second-order valence-corrected chi connectivity index (χ2v) is 4.51. The number of fused-ring (bicyclic) bond motifs is 1. The third-order valence-corrected chi connectivity index (χ3v) is 3.17. The molecule has 2 aromatic rings. The van der Waals surface area contributed by atoms with Crippen molar-refractivity contribution < 1.29 is 25.2 Å². The maximum absolute atomic E-state index is 9.86. The molecule has 0 fully saturated rings. The van der Waals surface area contributed by atoms with Crippen LogP contribution in [0.15, 0.2) is 30.3 Å². The Balaban J connectivity index is 2.13. The number of rotatable bonds is 1. The molecule has 102 valence electrons. The summed E-state index contributed by atoms with van der Waals surface area (Å²) in [5, 5.41) is 38.6. The van der Waals surface area contributed by atoms with Gasteiger partial charge in [-0.25, -0.2) is 0 Å². The minimum absolute atomic E-state index is 0.0849. The third kappa shape index (κ3) is 1.89. The highest BCUT2D eigenvalue weighted by Crippen LogP contribution is 2.41. The minimum atomic E-state index is -0.232. The van der Waals surface area contributed by atoms with Crippen LogP contribution in [0.2, 0.25) is 0 Å². The summed E-state index contributed by atoms with van der Waals surface area (Å²) >= 11 is 0. The summed E-state index contributed by atoms with van der Waals surface area (Å²) in [4.78, 5) is 0. The smallest absolute Gasteiger partial charge is 0.165 e. The molecule has 1 aliphatic heterocycles. The lowest BCUT2D eigenvalue weighted by Crippen LogP contribution is -2.06. The largest absolute Gasteiger partial charge is 0.508 e. The van der Waals surface area contributed by atoms with E-state index in [2.05, 4.69) is 0 Å². The Kier molecular flexibility index (Phi) is 2.68. The highest BCUT2D eigenvalue weighted by molar-refractivity contribution is 5.89. The molecule has 2 aromatic carbocycles. The molecule has 1 aliphatic rings. The first kappa shape index (κ1) is 12.2. The second kappa shape index (κ2) is 4.38. The Morgan fingerprint density at radius 2 is 1.75 bits per heavy atom.